The van der Waals surface area contributed by atoms with Gasteiger partial charge in [-0.2, -0.15) is 0 Å². The van der Waals surface area contributed by atoms with E-state index in [1.54, 1.807) is 36.4 Å². The number of aromatic nitrogens is 2. The summed E-state index contributed by atoms with van der Waals surface area (Å²) < 4.78 is 17.8. The third-order valence-electron chi connectivity index (χ3n) is 3.57. The van der Waals surface area contributed by atoms with Crippen molar-refractivity contribution in [3.63, 3.8) is 0 Å². The number of nitrogens with one attached hydrogen (secondary N) is 2. The summed E-state index contributed by atoms with van der Waals surface area (Å²) in [6, 6.07) is 15.2. The molecular weight excluding hydrogens is 351 g/mol. The molecule has 2 N–H and O–H groups in total. The third kappa shape index (κ3) is 4.63. The summed E-state index contributed by atoms with van der Waals surface area (Å²) >= 11 is 0. The van der Waals surface area contributed by atoms with Crippen LogP contribution in [0.2, 0.25) is 0 Å². The van der Waals surface area contributed by atoms with E-state index in [9.17, 15) is 14.0 Å². The standard InChI is InChI=1S/C19H15FN4O3/c1-27-19(26)12-5-7-15(8-6-12)21-16-9-10-17(24-23-16)22-18(25)13-3-2-4-14(20)11-13/h2-11H,1H3,(H,21,23)(H,22,24,25). The zero-order valence-corrected chi connectivity index (χ0v) is 14.3. The van der Waals surface area contributed by atoms with Crippen molar-refractivity contribution < 1.29 is 18.7 Å². The molecule has 7 nitrogen and oxygen atoms in total. The van der Waals surface area contributed by atoms with Gasteiger partial charge in [0, 0.05) is 11.3 Å². The molecule has 8 heteroatoms. The van der Waals surface area contributed by atoms with Crippen LogP contribution in [0.25, 0.3) is 0 Å². The van der Waals surface area contributed by atoms with E-state index in [4.69, 9.17) is 0 Å². The van der Waals surface area contributed by atoms with E-state index >= 15 is 0 Å². The van der Waals surface area contributed by atoms with Crippen LogP contribution in [0.3, 0.4) is 0 Å². The van der Waals surface area contributed by atoms with Crippen molar-refractivity contribution in [2.75, 3.05) is 17.7 Å². The maximum atomic E-state index is 13.2. The van der Waals surface area contributed by atoms with Gasteiger partial charge in [-0.15, -0.1) is 10.2 Å². The first-order chi connectivity index (χ1) is 13.0. The van der Waals surface area contributed by atoms with Crippen LogP contribution < -0.4 is 10.6 Å². The van der Waals surface area contributed by atoms with Gasteiger partial charge in [-0.05, 0) is 54.6 Å². The van der Waals surface area contributed by atoms with Crippen molar-refractivity contribution in [1.82, 2.24) is 10.2 Å². The van der Waals surface area contributed by atoms with Crippen LogP contribution in [-0.4, -0.2) is 29.2 Å². The maximum Gasteiger partial charge on any atom is 0.337 e. The van der Waals surface area contributed by atoms with Crippen LogP contribution >= 0.6 is 0 Å². The van der Waals surface area contributed by atoms with Crippen LogP contribution in [0.15, 0.2) is 60.7 Å². The van der Waals surface area contributed by atoms with E-state index in [1.165, 1.54) is 25.3 Å². The molecule has 0 saturated heterocycles. The molecule has 0 aliphatic heterocycles. The van der Waals surface area contributed by atoms with Gasteiger partial charge in [0.05, 0.1) is 12.7 Å². The Hall–Kier alpha value is -3.81. The lowest BCUT2D eigenvalue weighted by molar-refractivity contribution is 0.0600. The summed E-state index contributed by atoms with van der Waals surface area (Å²) in [5.41, 5.74) is 1.32. The van der Waals surface area contributed by atoms with E-state index in [-0.39, 0.29) is 11.4 Å². The molecule has 2 aromatic carbocycles. The molecule has 3 aromatic rings. The second-order valence-corrected chi connectivity index (χ2v) is 5.46. The Morgan fingerprint density at radius 1 is 0.926 bits per heavy atom. The Balaban J connectivity index is 1.63. The van der Waals surface area contributed by atoms with Crippen molar-refractivity contribution in [3.05, 3.63) is 77.6 Å². The van der Waals surface area contributed by atoms with Crippen molar-refractivity contribution in [3.8, 4) is 0 Å². The molecule has 0 spiro atoms. The van der Waals surface area contributed by atoms with E-state index in [2.05, 4.69) is 25.6 Å². The van der Waals surface area contributed by atoms with Crippen molar-refractivity contribution in [1.29, 1.82) is 0 Å². The molecule has 0 aliphatic carbocycles. The Bertz CT molecular complexity index is 959. The Morgan fingerprint density at radius 2 is 1.63 bits per heavy atom. The van der Waals surface area contributed by atoms with Crippen molar-refractivity contribution in [2.24, 2.45) is 0 Å². The molecule has 0 radical (unpaired) electrons. The van der Waals surface area contributed by atoms with Gasteiger partial charge >= 0.3 is 5.97 Å². The molecule has 0 atom stereocenters. The van der Waals surface area contributed by atoms with E-state index in [0.717, 1.165) is 6.07 Å². The number of methoxy groups -OCH3 is 1. The Kier molecular flexibility index (Phi) is 5.36. The number of ether oxygens (including phenoxy) is 1. The number of rotatable bonds is 5. The lowest BCUT2D eigenvalue weighted by Gasteiger charge is -2.07. The minimum Gasteiger partial charge on any atom is -0.465 e. The highest BCUT2D eigenvalue weighted by Gasteiger charge is 2.09. The lowest BCUT2D eigenvalue weighted by atomic mass is 10.2. The lowest BCUT2D eigenvalue weighted by Crippen LogP contribution is -2.13. The minimum atomic E-state index is -0.494. The van der Waals surface area contributed by atoms with Crippen LogP contribution in [0.5, 0.6) is 0 Å². The molecule has 0 fully saturated rings. The van der Waals surface area contributed by atoms with Crippen molar-refractivity contribution >= 4 is 29.2 Å². The first-order valence-corrected chi connectivity index (χ1v) is 7.91. The molecule has 0 saturated carbocycles. The van der Waals surface area contributed by atoms with Crippen molar-refractivity contribution in [2.45, 2.75) is 0 Å². The van der Waals surface area contributed by atoms with Gasteiger partial charge in [-0.25, -0.2) is 9.18 Å². The summed E-state index contributed by atoms with van der Waals surface area (Å²) in [7, 11) is 1.32. The molecule has 0 unspecified atom stereocenters. The van der Waals surface area contributed by atoms with Crippen LogP contribution in [-0.2, 0) is 4.74 Å². The maximum absolute atomic E-state index is 13.2. The SMILES string of the molecule is COC(=O)c1ccc(Nc2ccc(NC(=O)c3cccc(F)c3)nn2)cc1. The number of amides is 1. The number of hydrogen-bond donors (Lipinski definition) is 2. The highest BCUT2D eigenvalue weighted by molar-refractivity contribution is 6.03. The normalized spacial score (nSPS) is 10.1. The van der Waals surface area contributed by atoms with Gasteiger partial charge in [0.15, 0.2) is 11.6 Å². The second-order valence-electron chi connectivity index (χ2n) is 5.46. The molecular formula is C19H15FN4O3. The van der Waals surface area contributed by atoms with E-state index < -0.39 is 17.7 Å². The summed E-state index contributed by atoms with van der Waals surface area (Å²) in [6.07, 6.45) is 0. The van der Waals surface area contributed by atoms with Crippen LogP contribution in [0, 0.1) is 5.82 Å². The van der Waals surface area contributed by atoms with Crippen LogP contribution in [0.4, 0.5) is 21.7 Å². The Labute approximate surface area is 154 Å². The number of halogens is 1. The number of benzene rings is 2. The molecule has 136 valence electrons. The number of nitrogens with zero attached hydrogens (tertiary/aromatic N) is 2. The number of carbonyl (C=O) groups excluding carboxylic acids is 2. The molecule has 1 amide bonds. The number of esters is 1. The molecule has 3 rings (SSSR count). The average Bonchev–Trinajstić information content (AvgIpc) is 2.69. The van der Waals surface area contributed by atoms with Gasteiger partial charge in [0.1, 0.15) is 5.82 Å². The smallest absolute Gasteiger partial charge is 0.337 e. The van der Waals surface area contributed by atoms with Gasteiger partial charge in [-0.1, -0.05) is 6.07 Å². The topological polar surface area (TPSA) is 93.2 Å². The highest BCUT2D eigenvalue weighted by atomic mass is 19.1. The zero-order valence-electron chi connectivity index (χ0n) is 14.3. The van der Waals surface area contributed by atoms with Gasteiger partial charge < -0.3 is 15.4 Å². The fourth-order valence-electron chi connectivity index (χ4n) is 2.24. The fourth-order valence-corrected chi connectivity index (χ4v) is 2.24. The number of anilines is 3. The van der Waals surface area contributed by atoms with Gasteiger partial charge in [-0.3, -0.25) is 4.79 Å². The number of carbonyl (C=O) groups is 2. The Morgan fingerprint density at radius 3 is 2.26 bits per heavy atom. The molecule has 1 heterocycles. The monoisotopic (exact) mass is 366 g/mol. The zero-order chi connectivity index (χ0) is 19.2. The molecule has 0 bridgehead atoms. The van der Waals surface area contributed by atoms with Gasteiger partial charge in [0.25, 0.3) is 5.91 Å². The average molecular weight is 366 g/mol. The second kappa shape index (κ2) is 8.05. The fraction of sp³-hybridized carbons (Fsp3) is 0.0526. The summed E-state index contributed by atoms with van der Waals surface area (Å²) in [5.74, 6) is -0.713. The van der Waals surface area contributed by atoms with E-state index in [1.807, 2.05) is 0 Å². The molecule has 0 aliphatic rings. The summed E-state index contributed by atoms with van der Waals surface area (Å²) in [6.45, 7) is 0. The first kappa shape index (κ1) is 18.0. The largest absolute Gasteiger partial charge is 0.465 e. The summed E-state index contributed by atoms with van der Waals surface area (Å²) in [5, 5.41) is 13.4. The first-order valence-electron chi connectivity index (χ1n) is 7.91. The molecule has 1 aromatic heterocycles. The van der Waals surface area contributed by atoms with Gasteiger partial charge in [0.2, 0.25) is 0 Å². The minimum absolute atomic E-state index is 0.185. The number of hydrogen-bond acceptors (Lipinski definition) is 6. The quantitative estimate of drug-likeness (QED) is 0.672. The predicted molar refractivity (Wildman–Crippen MR) is 97.4 cm³/mol. The highest BCUT2D eigenvalue weighted by Crippen LogP contribution is 2.16. The van der Waals surface area contributed by atoms with Crippen LogP contribution in [0.1, 0.15) is 20.7 Å². The third-order valence-corrected chi connectivity index (χ3v) is 3.57. The molecule has 27 heavy (non-hydrogen) atoms. The van der Waals surface area contributed by atoms with E-state index in [0.29, 0.717) is 17.1 Å². The summed E-state index contributed by atoms with van der Waals surface area (Å²) in [4.78, 5) is 23.5. The predicted octanol–water partition coefficient (Wildman–Crippen LogP) is 3.40.